The van der Waals surface area contributed by atoms with Gasteiger partial charge in [-0.3, -0.25) is 13.9 Å². The Hall–Kier alpha value is -2.87. The number of amides is 2. The van der Waals surface area contributed by atoms with E-state index in [1.54, 1.807) is 42.5 Å². The van der Waals surface area contributed by atoms with Gasteiger partial charge in [0.05, 0.1) is 23.2 Å². The summed E-state index contributed by atoms with van der Waals surface area (Å²) in [6.07, 6.45) is 2.88. The molecule has 2 rings (SSSR count). The SMILES string of the molecule is CCCCNC(=O)c1ccccc1NC(=O)[C@H](C)N(c1cccc(C)c1)S(C)(=O)=O. The minimum absolute atomic E-state index is 0.286. The number of sulfonamides is 1. The zero-order valence-electron chi connectivity index (χ0n) is 17.8. The van der Waals surface area contributed by atoms with Crippen molar-refractivity contribution in [1.82, 2.24) is 5.32 Å². The fourth-order valence-electron chi connectivity index (χ4n) is 3.08. The van der Waals surface area contributed by atoms with Crippen LogP contribution in [0, 0.1) is 6.92 Å². The molecule has 0 spiro atoms. The lowest BCUT2D eigenvalue weighted by Crippen LogP contribution is -2.45. The molecule has 1 atom stereocenters. The number of para-hydroxylation sites is 1. The number of hydrogen-bond donors (Lipinski definition) is 2. The first-order valence-corrected chi connectivity index (χ1v) is 11.7. The molecule has 162 valence electrons. The second-order valence-corrected chi connectivity index (χ2v) is 9.08. The number of carbonyl (C=O) groups excluding carboxylic acids is 2. The normalized spacial score (nSPS) is 12.1. The zero-order chi connectivity index (χ0) is 22.3. The number of carbonyl (C=O) groups is 2. The van der Waals surface area contributed by atoms with Crippen LogP contribution in [0.25, 0.3) is 0 Å². The number of hydrogen-bond acceptors (Lipinski definition) is 4. The van der Waals surface area contributed by atoms with Gasteiger partial charge in [-0.25, -0.2) is 8.42 Å². The van der Waals surface area contributed by atoms with E-state index in [4.69, 9.17) is 0 Å². The molecule has 30 heavy (non-hydrogen) atoms. The van der Waals surface area contributed by atoms with E-state index in [2.05, 4.69) is 10.6 Å². The van der Waals surface area contributed by atoms with Gasteiger partial charge in [0, 0.05) is 6.54 Å². The molecule has 2 aromatic carbocycles. The van der Waals surface area contributed by atoms with Crippen molar-refractivity contribution < 1.29 is 18.0 Å². The highest BCUT2D eigenvalue weighted by Gasteiger charge is 2.29. The van der Waals surface area contributed by atoms with Gasteiger partial charge in [-0.1, -0.05) is 37.6 Å². The van der Waals surface area contributed by atoms with Crippen molar-refractivity contribution in [3.8, 4) is 0 Å². The third-order valence-corrected chi connectivity index (χ3v) is 5.83. The summed E-state index contributed by atoms with van der Waals surface area (Å²) in [6, 6.07) is 12.6. The molecule has 2 amide bonds. The molecule has 2 aromatic rings. The smallest absolute Gasteiger partial charge is 0.253 e. The number of rotatable bonds is 9. The van der Waals surface area contributed by atoms with Crippen molar-refractivity contribution in [3.63, 3.8) is 0 Å². The first-order valence-electron chi connectivity index (χ1n) is 9.89. The molecule has 0 aliphatic carbocycles. The Kier molecular flexibility index (Phi) is 8.00. The Balaban J connectivity index is 2.27. The van der Waals surface area contributed by atoms with E-state index in [1.807, 2.05) is 19.9 Å². The summed E-state index contributed by atoms with van der Waals surface area (Å²) < 4.78 is 26.0. The molecular weight excluding hydrogens is 402 g/mol. The van der Waals surface area contributed by atoms with E-state index >= 15 is 0 Å². The monoisotopic (exact) mass is 431 g/mol. The quantitative estimate of drug-likeness (QED) is 0.596. The van der Waals surface area contributed by atoms with Gasteiger partial charge in [0.2, 0.25) is 15.9 Å². The minimum Gasteiger partial charge on any atom is -0.352 e. The lowest BCUT2D eigenvalue weighted by Gasteiger charge is -2.28. The first kappa shape index (κ1) is 23.4. The molecule has 0 unspecified atom stereocenters. The fourth-order valence-corrected chi connectivity index (χ4v) is 4.24. The predicted molar refractivity (Wildman–Crippen MR) is 120 cm³/mol. The number of nitrogens with one attached hydrogen (secondary N) is 2. The van der Waals surface area contributed by atoms with E-state index in [9.17, 15) is 18.0 Å². The van der Waals surface area contributed by atoms with Gasteiger partial charge >= 0.3 is 0 Å². The predicted octanol–water partition coefficient (Wildman–Crippen LogP) is 3.32. The first-order chi connectivity index (χ1) is 14.1. The summed E-state index contributed by atoms with van der Waals surface area (Å²) in [5.41, 5.74) is 1.95. The zero-order valence-corrected chi connectivity index (χ0v) is 18.6. The molecule has 7 nitrogen and oxygen atoms in total. The van der Waals surface area contributed by atoms with Crippen molar-refractivity contribution in [2.75, 3.05) is 22.4 Å². The van der Waals surface area contributed by atoms with Crippen molar-refractivity contribution in [2.24, 2.45) is 0 Å². The Morgan fingerprint density at radius 1 is 1.10 bits per heavy atom. The highest BCUT2D eigenvalue weighted by molar-refractivity contribution is 7.92. The van der Waals surface area contributed by atoms with Crippen molar-refractivity contribution in [1.29, 1.82) is 0 Å². The molecule has 0 fully saturated rings. The van der Waals surface area contributed by atoms with Crippen LogP contribution in [-0.2, 0) is 14.8 Å². The van der Waals surface area contributed by atoms with Crippen LogP contribution in [0.4, 0.5) is 11.4 Å². The van der Waals surface area contributed by atoms with Gasteiger partial charge in [-0.05, 0) is 50.1 Å². The maximum absolute atomic E-state index is 12.9. The third kappa shape index (κ3) is 6.06. The fraction of sp³-hybridized carbons (Fsp3) is 0.364. The Morgan fingerprint density at radius 3 is 2.43 bits per heavy atom. The van der Waals surface area contributed by atoms with Crippen LogP contribution in [0.2, 0.25) is 0 Å². The molecular formula is C22H29N3O4S. The lowest BCUT2D eigenvalue weighted by molar-refractivity contribution is -0.116. The van der Waals surface area contributed by atoms with E-state index in [-0.39, 0.29) is 5.91 Å². The van der Waals surface area contributed by atoms with Crippen molar-refractivity contribution in [3.05, 3.63) is 59.7 Å². The molecule has 0 radical (unpaired) electrons. The Morgan fingerprint density at radius 2 is 1.80 bits per heavy atom. The lowest BCUT2D eigenvalue weighted by atomic mass is 10.1. The van der Waals surface area contributed by atoms with E-state index in [1.165, 1.54) is 6.92 Å². The van der Waals surface area contributed by atoms with Crippen molar-refractivity contribution in [2.45, 2.75) is 39.7 Å². The molecule has 0 aliphatic heterocycles. The number of benzene rings is 2. The van der Waals surface area contributed by atoms with Crippen LogP contribution in [-0.4, -0.2) is 39.1 Å². The van der Waals surface area contributed by atoms with Gasteiger partial charge in [0.25, 0.3) is 5.91 Å². The summed E-state index contributed by atoms with van der Waals surface area (Å²) in [5.74, 6) is -0.818. The highest BCUT2D eigenvalue weighted by atomic mass is 32.2. The molecule has 0 heterocycles. The maximum Gasteiger partial charge on any atom is 0.253 e. The van der Waals surface area contributed by atoms with Crippen molar-refractivity contribution >= 4 is 33.2 Å². The molecule has 0 saturated heterocycles. The van der Waals surface area contributed by atoms with Crippen LogP contribution >= 0.6 is 0 Å². The van der Waals surface area contributed by atoms with Gasteiger partial charge < -0.3 is 10.6 Å². The third-order valence-electron chi connectivity index (χ3n) is 4.59. The number of nitrogens with zero attached hydrogens (tertiary/aromatic N) is 1. The average molecular weight is 432 g/mol. The van der Waals surface area contributed by atoms with E-state index < -0.39 is 22.0 Å². The van der Waals surface area contributed by atoms with Gasteiger partial charge in [0.15, 0.2) is 0 Å². The summed E-state index contributed by atoms with van der Waals surface area (Å²) in [7, 11) is -3.72. The van der Waals surface area contributed by atoms with Crippen LogP contribution in [0.15, 0.2) is 48.5 Å². The number of unbranched alkanes of at least 4 members (excludes halogenated alkanes) is 1. The topological polar surface area (TPSA) is 95.6 Å². The maximum atomic E-state index is 12.9. The molecule has 0 bridgehead atoms. The van der Waals surface area contributed by atoms with Crippen LogP contribution in [0.1, 0.15) is 42.6 Å². The minimum atomic E-state index is -3.72. The number of anilines is 2. The largest absolute Gasteiger partial charge is 0.352 e. The second-order valence-electron chi connectivity index (χ2n) is 7.22. The molecule has 8 heteroatoms. The van der Waals surface area contributed by atoms with Crippen LogP contribution < -0.4 is 14.9 Å². The summed E-state index contributed by atoms with van der Waals surface area (Å²) in [5, 5.41) is 5.54. The van der Waals surface area contributed by atoms with Crippen LogP contribution in [0.3, 0.4) is 0 Å². The molecule has 2 N–H and O–H groups in total. The molecule has 0 aliphatic rings. The van der Waals surface area contributed by atoms with Gasteiger partial charge in [-0.2, -0.15) is 0 Å². The second kappa shape index (κ2) is 10.2. The van der Waals surface area contributed by atoms with Gasteiger partial charge in [0.1, 0.15) is 6.04 Å². The van der Waals surface area contributed by atoms with Crippen LogP contribution in [0.5, 0.6) is 0 Å². The standard InChI is InChI=1S/C22H29N3O4S/c1-5-6-14-23-22(27)19-12-7-8-13-20(19)24-21(26)17(3)25(30(4,28)29)18-11-9-10-16(2)15-18/h7-13,15,17H,5-6,14H2,1-4H3,(H,23,27)(H,24,26)/t17-/m0/s1. The summed E-state index contributed by atoms with van der Waals surface area (Å²) in [4.78, 5) is 25.4. The van der Waals surface area contributed by atoms with Gasteiger partial charge in [-0.15, -0.1) is 0 Å². The van der Waals surface area contributed by atoms with E-state index in [0.29, 0.717) is 23.5 Å². The van der Waals surface area contributed by atoms with E-state index in [0.717, 1.165) is 29.0 Å². The highest BCUT2D eigenvalue weighted by Crippen LogP contribution is 2.23. The summed E-state index contributed by atoms with van der Waals surface area (Å²) >= 11 is 0. The average Bonchev–Trinajstić information content (AvgIpc) is 2.67. The molecule has 0 saturated carbocycles. The molecule has 0 aromatic heterocycles. The Bertz CT molecular complexity index is 1000. The number of aryl methyl sites for hydroxylation is 1. The Labute approximate surface area is 178 Å². The summed E-state index contributed by atoms with van der Waals surface area (Å²) in [6.45, 7) is 5.94.